The lowest BCUT2D eigenvalue weighted by Crippen LogP contribution is -2.51. The van der Waals surface area contributed by atoms with E-state index >= 15 is 0 Å². The van der Waals surface area contributed by atoms with Gasteiger partial charge in [-0.15, -0.1) is 0 Å². The predicted molar refractivity (Wildman–Crippen MR) is 145 cm³/mol. The van der Waals surface area contributed by atoms with Crippen LogP contribution in [0.3, 0.4) is 0 Å². The van der Waals surface area contributed by atoms with Gasteiger partial charge in [0.2, 0.25) is 10.0 Å². The van der Waals surface area contributed by atoms with Crippen molar-refractivity contribution in [2.75, 3.05) is 31.5 Å². The van der Waals surface area contributed by atoms with Crippen molar-refractivity contribution >= 4 is 33.3 Å². The Balaban J connectivity index is 1.29. The molecule has 1 heterocycles. The molecule has 4 rings (SSSR count). The molecule has 1 saturated carbocycles. The molecule has 2 aliphatic rings. The Labute approximate surface area is 220 Å². The van der Waals surface area contributed by atoms with Crippen molar-refractivity contribution in [1.82, 2.24) is 14.5 Å². The fourth-order valence-corrected chi connectivity index (χ4v) is 6.72. The summed E-state index contributed by atoms with van der Waals surface area (Å²) in [5.41, 5.74) is 1.83. The monoisotopic (exact) mass is 532 g/mol. The topological polar surface area (TPSA) is 81.8 Å². The molecule has 2 fully saturated rings. The molecule has 36 heavy (non-hydrogen) atoms. The summed E-state index contributed by atoms with van der Waals surface area (Å²) in [6, 6.07) is 14.2. The molecule has 196 valence electrons. The minimum atomic E-state index is -3.61. The van der Waals surface area contributed by atoms with Crippen LogP contribution in [0.5, 0.6) is 0 Å². The van der Waals surface area contributed by atoms with Crippen molar-refractivity contribution in [2.24, 2.45) is 5.92 Å². The second-order valence-electron chi connectivity index (χ2n) is 9.95. The van der Waals surface area contributed by atoms with E-state index in [0.717, 1.165) is 17.2 Å². The average Bonchev–Trinajstić information content (AvgIpc) is 2.89. The number of benzene rings is 2. The molecule has 1 atom stereocenters. The van der Waals surface area contributed by atoms with Gasteiger partial charge in [0.05, 0.1) is 4.90 Å². The van der Waals surface area contributed by atoms with Crippen LogP contribution < -0.4 is 10.6 Å². The Morgan fingerprint density at radius 3 is 2.36 bits per heavy atom. The highest BCUT2D eigenvalue weighted by Gasteiger charge is 2.30. The summed E-state index contributed by atoms with van der Waals surface area (Å²) in [6.07, 6.45) is 7.96. The lowest BCUT2D eigenvalue weighted by atomic mass is 9.85. The van der Waals surface area contributed by atoms with E-state index in [1.165, 1.54) is 55.0 Å². The van der Waals surface area contributed by atoms with Gasteiger partial charge in [0.1, 0.15) is 0 Å². The van der Waals surface area contributed by atoms with Gasteiger partial charge in [0, 0.05) is 49.5 Å². The van der Waals surface area contributed by atoms with Crippen molar-refractivity contribution in [3.8, 4) is 0 Å². The molecule has 0 spiro atoms. The van der Waals surface area contributed by atoms with Gasteiger partial charge in [-0.1, -0.05) is 61.9 Å². The summed E-state index contributed by atoms with van der Waals surface area (Å²) < 4.78 is 27.3. The Hall–Kier alpha value is -2.13. The number of urea groups is 1. The quantitative estimate of drug-likeness (QED) is 0.481. The molecular formula is C27H37ClN4O3S. The third kappa shape index (κ3) is 7.00. The molecular weight excluding hydrogens is 496 g/mol. The van der Waals surface area contributed by atoms with Crippen LogP contribution >= 0.6 is 11.6 Å². The highest BCUT2D eigenvalue weighted by molar-refractivity contribution is 7.89. The van der Waals surface area contributed by atoms with Gasteiger partial charge in [0.25, 0.3) is 0 Å². The van der Waals surface area contributed by atoms with E-state index in [-0.39, 0.29) is 24.0 Å². The maximum absolute atomic E-state index is 13.0. The maximum atomic E-state index is 13.0. The van der Waals surface area contributed by atoms with E-state index in [0.29, 0.717) is 30.7 Å². The summed E-state index contributed by atoms with van der Waals surface area (Å²) in [4.78, 5) is 14.9. The van der Waals surface area contributed by atoms with Crippen LogP contribution in [0, 0.1) is 5.92 Å². The maximum Gasteiger partial charge on any atom is 0.321 e. The zero-order valence-electron chi connectivity index (χ0n) is 21.0. The molecule has 2 N–H and O–H groups in total. The molecule has 1 aliphatic heterocycles. The first-order chi connectivity index (χ1) is 17.3. The van der Waals surface area contributed by atoms with Crippen molar-refractivity contribution in [1.29, 1.82) is 0 Å². The molecule has 1 saturated heterocycles. The lowest BCUT2D eigenvalue weighted by molar-refractivity contribution is 0.184. The predicted octanol–water partition coefficient (Wildman–Crippen LogP) is 5.33. The van der Waals surface area contributed by atoms with Crippen LogP contribution in [0.25, 0.3) is 0 Å². The van der Waals surface area contributed by atoms with Gasteiger partial charge in [-0.05, 0) is 55.2 Å². The van der Waals surface area contributed by atoms with Gasteiger partial charge in [-0.2, -0.15) is 4.31 Å². The van der Waals surface area contributed by atoms with Gasteiger partial charge in [-0.3, -0.25) is 0 Å². The van der Waals surface area contributed by atoms with Crippen LogP contribution in [-0.4, -0.2) is 55.9 Å². The molecule has 9 heteroatoms. The van der Waals surface area contributed by atoms with E-state index < -0.39 is 10.0 Å². The van der Waals surface area contributed by atoms with Gasteiger partial charge < -0.3 is 15.5 Å². The fraction of sp³-hybridized carbons (Fsp3) is 0.519. The number of para-hydroxylation sites is 1. The first kappa shape index (κ1) is 26.9. The second kappa shape index (κ2) is 12.4. The Morgan fingerprint density at radius 2 is 1.67 bits per heavy atom. The average molecular weight is 533 g/mol. The number of nitrogens with zero attached hydrogens (tertiary/aromatic N) is 2. The third-order valence-corrected chi connectivity index (χ3v) is 9.45. The standard InChI is InChI=1S/C27H37ClN4O3S/c1-21(19-22-7-3-2-4-8-22)29-20-23-9-5-6-10-26(23)30-27(33)31-15-17-32(18-16-31)36(34,35)25-13-11-24(28)12-14-25/h5-6,9-14,21-22,29H,2-4,7-8,15-20H2,1H3,(H,30,33). The molecule has 2 amide bonds. The highest BCUT2D eigenvalue weighted by atomic mass is 35.5. The summed E-state index contributed by atoms with van der Waals surface area (Å²) >= 11 is 5.89. The van der Waals surface area contributed by atoms with Crippen LogP contribution in [0.1, 0.15) is 51.0 Å². The van der Waals surface area contributed by atoms with E-state index in [4.69, 9.17) is 11.6 Å². The van der Waals surface area contributed by atoms with Crippen LogP contribution in [0.4, 0.5) is 10.5 Å². The van der Waals surface area contributed by atoms with Crippen molar-refractivity contribution in [2.45, 2.75) is 62.9 Å². The highest BCUT2D eigenvalue weighted by Crippen LogP contribution is 2.27. The normalized spacial score (nSPS) is 18.7. The van der Waals surface area contributed by atoms with Gasteiger partial charge >= 0.3 is 6.03 Å². The van der Waals surface area contributed by atoms with Crippen molar-refractivity contribution in [3.63, 3.8) is 0 Å². The Bertz CT molecular complexity index is 1110. The number of piperazine rings is 1. The van der Waals surface area contributed by atoms with Crippen LogP contribution in [-0.2, 0) is 16.6 Å². The van der Waals surface area contributed by atoms with E-state index in [9.17, 15) is 13.2 Å². The third-order valence-electron chi connectivity index (χ3n) is 7.29. The number of carbonyl (C=O) groups is 1. The number of halogens is 1. The van der Waals surface area contributed by atoms with E-state index in [2.05, 4.69) is 17.6 Å². The molecule has 0 bridgehead atoms. The molecule has 7 nitrogen and oxygen atoms in total. The molecule has 1 unspecified atom stereocenters. The van der Waals surface area contributed by atoms with E-state index in [1.54, 1.807) is 17.0 Å². The minimum absolute atomic E-state index is 0.207. The fourth-order valence-electron chi connectivity index (χ4n) is 5.17. The van der Waals surface area contributed by atoms with Gasteiger partial charge in [-0.25, -0.2) is 13.2 Å². The number of carbonyl (C=O) groups excluding carboxylic acids is 1. The minimum Gasteiger partial charge on any atom is -0.322 e. The molecule has 0 aromatic heterocycles. The summed E-state index contributed by atoms with van der Waals surface area (Å²) in [7, 11) is -3.61. The molecule has 1 aliphatic carbocycles. The smallest absolute Gasteiger partial charge is 0.321 e. The summed E-state index contributed by atoms with van der Waals surface area (Å²) in [6.45, 7) is 4.10. The van der Waals surface area contributed by atoms with Crippen molar-refractivity contribution < 1.29 is 13.2 Å². The zero-order chi connectivity index (χ0) is 25.5. The number of nitrogens with one attached hydrogen (secondary N) is 2. The lowest BCUT2D eigenvalue weighted by Gasteiger charge is -2.34. The first-order valence-electron chi connectivity index (χ1n) is 13.0. The summed E-state index contributed by atoms with van der Waals surface area (Å²) in [5, 5.41) is 7.17. The number of anilines is 1. The van der Waals surface area contributed by atoms with Crippen LogP contribution in [0.15, 0.2) is 53.4 Å². The molecule has 2 aromatic rings. The number of hydrogen-bond donors (Lipinski definition) is 2. The van der Waals surface area contributed by atoms with Crippen LogP contribution in [0.2, 0.25) is 5.02 Å². The number of sulfonamides is 1. The Morgan fingerprint density at radius 1 is 1.00 bits per heavy atom. The number of hydrogen-bond acceptors (Lipinski definition) is 4. The van der Waals surface area contributed by atoms with Crippen molar-refractivity contribution in [3.05, 3.63) is 59.1 Å². The number of amides is 2. The SMILES string of the molecule is CC(CC1CCCCC1)NCc1ccccc1NC(=O)N1CCN(S(=O)(=O)c2ccc(Cl)cc2)CC1. The largest absolute Gasteiger partial charge is 0.322 e. The summed E-state index contributed by atoms with van der Waals surface area (Å²) in [5.74, 6) is 0.818. The van der Waals surface area contributed by atoms with E-state index in [1.807, 2.05) is 24.3 Å². The number of rotatable bonds is 8. The molecule has 2 aromatic carbocycles. The Kier molecular flexibility index (Phi) is 9.28. The van der Waals surface area contributed by atoms with Gasteiger partial charge in [0.15, 0.2) is 0 Å². The molecule has 0 radical (unpaired) electrons. The first-order valence-corrected chi connectivity index (χ1v) is 14.8. The second-order valence-corrected chi connectivity index (χ2v) is 12.3. The zero-order valence-corrected chi connectivity index (χ0v) is 22.5.